The van der Waals surface area contributed by atoms with Crippen molar-refractivity contribution in [1.82, 2.24) is 0 Å². The van der Waals surface area contributed by atoms with Crippen LogP contribution in [0.5, 0.6) is 0 Å². The average Bonchev–Trinajstić information content (AvgIpc) is 2.28. The van der Waals surface area contributed by atoms with Crippen molar-refractivity contribution >= 4 is 30.2 Å². The second-order valence-corrected chi connectivity index (χ2v) is 9.91. The van der Waals surface area contributed by atoms with Gasteiger partial charge in [-0.15, -0.1) is 0 Å². The van der Waals surface area contributed by atoms with Gasteiger partial charge in [-0.2, -0.15) is 0 Å². The van der Waals surface area contributed by atoms with E-state index in [1.54, 1.807) is 0 Å². The maximum Gasteiger partial charge on any atom is 0.211 e. The van der Waals surface area contributed by atoms with Gasteiger partial charge >= 0.3 is 0 Å². The SMILES string of the molecule is C=Cc1ccccc1C=C.C[Si]O[Si](C)(C)C. The van der Waals surface area contributed by atoms with Crippen LogP contribution in [0.25, 0.3) is 12.2 Å². The van der Waals surface area contributed by atoms with Crippen LogP contribution in [0.4, 0.5) is 0 Å². The van der Waals surface area contributed by atoms with Crippen LogP contribution >= 0.6 is 0 Å². The minimum atomic E-state index is -1.14. The fraction of sp³-hybridized carbons (Fsp3) is 0.286. The molecule has 0 amide bonds. The van der Waals surface area contributed by atoms with Gasteiger partial charge in [0.2, 0.25) is 9.76 Å². The van der Waals surface area contributed by atoms with Gasteiger partial charge in [0.25, 0.3) is 0 Å². The molecule has 3 heteroatoms. The molecular weight excluding hydrogens is 240 g/mol. The number of rotatable bonds is 4. The summed E-state index contributed by atoms with van der Waals surface area (Å²) in [7, 11) is -0.474. The van der Waals surface area contributed by atoms with E-state index in [9.17, 15) is 0 Å². The minimum absolute atomic E-state index is 0.671. The van der Waals surface area contributed by atoms with Gasteiger partial charge in [-0.3, -0.25) is 0 Å². The molecule has 0 saturated heterocycles. The molecule has 1 aromatic rings. The molecule has 0 atom stereocenters. The first kappa shape index (κ1) is 16.1. The van der Waals surface area contributed by atoms with Gasteiger partial charge in [-0.1, -0.05) is 49.6 Å². The number of benzene rings is 1. The summed E-state index contributed by atoms with van der Waals surface area (Å²) in [5.41, 5.74) is 2.27. The Bertz CT molecular complexity index is 326. The van der Waals surface area contributed by atoms with Crippen LogP contribution in [0.3, 0.4) is 0 Å². The van der Waals surface area contributed by atoms with Gasteiger partial charge in [-0.25, -0.2) is 0 Å². The van der Waals surface area contributed by atoms with Gasteiger partial charge < -0.3 is 4.12 Å². The molecule has 17 heavy (non-hydrogen) atoms. The second-order valence-electron chi connectivity index (χ2n) is 4.46. The molecule has 1 nitrogen and oxygen atoms in total. The molecule has 92 valence electrons. The molecule has 0 aromatic heterocycles. The van der Waals surface area contributed by atoms with Crippen LogP contribution in [-0.4, -0.2) is 18.1 Å². The fourth-order valence-corrected chi connectivity index (χ4v) is 3.64. The smallest absolute Gasteiger partial charge is 0.211 e. The van der Waals surface area contributed by atoms with Crippen LogP contribution in [0.15, 0.2) is 37.4 Å². The molecule has 0 aliphatic heterocycles. The second kappa shape index (κ2) is 8.22. The van der Waals surface area contributed by atoms with Crippen molar-refractivity contribution in [2.75, 3.05) is 0 Å². The average molecular weight is 263 g/mol. The topological polar surface area (TPSA) is 9.23 Å². The van der Waals surface area contributed by atoms with E-state index in [0.29, 0.717) is 9.76 Å². The molecular formula is C14H22OSi2. The Morgan fingerprint density at radius 1 is 1.06 bits per heavy atom. The van der Waals surface area contributed by atoms with E-state index in [2.05, 4.69) is 39.3 Å². The van der Waals surface area contributed by atoms with Crippen molar-refractivity contribution in [3.05, 3.63) is 48.6 Å². The lowest BCUT2D eigenvalue weighted by Crippen LogP contribution is -2.26. The first-order chi connectivity index (χ1) is 7.94. The summed E-state index contributed by atoms with van der Waals surface area (Å²) >= 11 is 0. The Morgan fingerprint density at radius 3 is 1.65 bits per heavy atom. The summed E-state index contributed by atoms with van der Waals surface area (Å²) in [6, 6.07) is 8.02. The summed E-state index contributed by atoms with van der Waals surface area (Å²) in [6.45, 7) is 16.0. The van der Waals surface area contributed by atoms with Crippen LogP contribution in [0, 0.1) is 0 Å². The Morgan fingerprint density at radius 2 is 1.47 bits per heavy atom. The Balaban J connectivity index is 0.000000325. The van der Waals surface area contributed by atoms with Crippen molar-refractivity contribution < 1.29 is 4.12 Å². The molecule has 0 N–H and O–H groups in total. The summed E-state index contributed by atoms with van der Waals surface area (Å²) in [4.78, 5) is 0. The van der Waals surface area contributed by atoms with E-state index >= 15 is 0 Å². The molecule has 0 spiro atoms. The Hall–Kier alpha value is -0.906. The van der Waals surface area contributed by atoms with Gasteiger partial charge in [0.05, 0.1) is 0 Å². The third-order valence-electron chi connectivity index (χ3n) is 1.84. The predicted molar refractivity (Wildman–Crippen MR) is 82.7 cm³/mol. The Labute approximate surface area is 109 Å². The zero-order valence-corrected chi connectivity index (χ0v) is 13.3. The van der Waals surface area contributed by atoms with Gasteiger partial charge in [0, 0.05) is 0 Å². The molecule has 0 heterocycles. The lowest BCUT2D eigenvalue weighted by molar-refractivity contribution is 0.603. The first-order valence-corrected chi connectivity index (χ1v) is 10.4. The fourth-order valence-electron chi connectivity index (χ4n) is 1.19. The van der Waals surface area contributed by atoms with Crippen LogP contribution in [0.1, 0.15) is 11.1 Å². The molecule has 1 rings (SSSR count). The highest BCUT2D eigenvalue weighted by atomic mass is 28.4. The molecule has 2 radical (unpaired) electrons. The highest BCUT2D eigenvalue weighted by Crippen LogP contribution is 2.10. The minimum Gasteiger partial charge on any atom is -0.456 e. The maximum absolute atomic E-state index is 5.40. The Kier molecular flexibility index (Phi) is 7.79. The highest BCUT2D eigenvalue weighted by molar-refractivity contribution is 6.73. The normalized spacial score (nSPS) is 10.1. The standard InChI is InChI=1S/C10H10.C4H12OSi2/c1-3-9-7-5-6-8-10(9)4-2;1-6-5-7(2,3)4/h3-8H,1-2H2;1-4H3. The molecule has 0 bridgehead atoms. The molecule has 0 aliphatic carbocycles. The van der Waals surface area contributed by atoms with Crippen molar-refractivity contribution in [3.8, 4) is 0 Å². The largest absolute Gasteiger partial charge is 0.456 e. The summed E-state index contributed by atoms with van der Waals surface area (Å²) in [6.07, 6.45) is 3.66. The van der Waals surface area contributed by atoms with Crippen molar-refractivity contribution in [2.24, 2.45) is 0 Å². The highest BCUT2D eigenvalue weighted by Gasteiger charge is 2.11. The van der Waals surface area contributed by atoms with Crippen molar-refractivity contribution in [2.45, 2.75) is 26.2 Å². The van der Waals surface area contributed by atoms with E-state index < -0.39 is 8.32 Å². The first-order valence-electron chi connectivity index (χ1n) is 5.63. The third kappa shape index (κ3) is 7.90. The summed E-state index contributed by atoms with van der Waals surface area (Å²) in [5, 5.41) is 0. The van der Waals surface area contributed by atoms with E-state index in [1.165, 1.54) is 0 Å². The maximum atomic E-state index is 5.40. The molecule has 1 aromatic carbocycles. The molecule has 0 aliphatic rings. The number of hydrogen-bond donors (Lipinski definition) is 0. The van der Waals surface area contributed by atoms with Crippen molar-refractivity contribution in [3.63, 3.8) is 0 Å². The molecule has 0 fully saturated rings. The number of hydrogen-bond acceptors (Lipinski definition) is 1. The lowest BCUT2D eigenvalue weighted by atomic mass is 10.1. The summed E-state index contributed by atoms with van der Waals surface area (Å²) in [5.74, 6) is 0. The lowest BCUT2D eigenvalue weighted by Gasteiger charge is -2.14. The summed E-state index contributed by atoms with van der Waals surface area (Å²) < 4.78 is 5.40. The molecule has 0 saturated carbocycles. The van der Waals surface area contributed by atoms with Crippen molar-refractivity contribution in [1.29, 1.82) is 0 Å². The molecule has 0 unspecified atom stereocenters. The quantitative estimate of drug-likeness (QED) is 0.727. The van der Waals surface area contributed by atoms with Crippen LogP contribution < -0.4 is 0 Å². The van der Waals surface area contributed by atoms with Gasteiger partial charge in [0.1, 0.15) is 0 Å². The van der Waals surface area contributed by atoms with E-state index in [4.69, 9.17) is 4.12 Å². The van der Waals surface area contributed by atoms with E-state index in [1.807, 2.05) is 36.4 Å². The monoisotopic (exact) mass is 262 g/mol. The van der Waals surface area contributed by atoms with Crippen LogP contribution in [0.2, 0.25) is 26.2 Å². The zero-order valence-electron chi connectivity index (χ0n) is 11.3. The van der Waals surface area contributed by atoms with E-state index in [0.717, 1.165) is 11.1 Å². The predicted octanol–water partition coefficient (Wildman–Crippen LogP) is 4.48. The van der Waals surface area contributed by atoms with Crippen LogP contribution in [-0.2, 0) is 4.12 Å². The third-order valence-corrected chi connectivity index (χ3v) is 5.11. The van der Waals surface area contributed by atoms with E-state index in [-0.39, 0.29) is 0 Å². The van der Waals surface area contributed by atoms with Gasteiger partial charge in [0.15, 0.2) is 8.32 Å². The zero-order chi connectivity index (χ0) is 13.3. The van der Waals surface area contributed by atoms with Gasteiger partial charge in [-0.05, 0) is 37.3 Å².